The molecule has 2 aromatic rings. The number of hydrogen-bond acceptors (Lipinski definition) is 2. The molecule has 0 saturated carbocycles. The first-order valence-electron chi connectivity index (χ1n) is 6.58. The van der Waals surface area contributed by atoms with Gasteiger partial charge in [-0.25, -0.2) is 0 Å². The third kappa shape index (κ3) is 4.02. The molecule has 0 aromatic heterocycles. The normalized spacial score (nSPS) is 11.9. The van der Waals surface area contributed by atoms with Gasteiger partial charge in [-0.05, 0) is 28.7 Å². The maximum atomic E-state index is 4.23. The van der Waals surface area contributed by atoms with Gasteiger partial charge in [-0.2, -0.15) is 10.2 Å². The van der Waals surface area contributed by atoms with E-state index in [1.807, 2.05) is 30.3 Å². The van der Waals surface area contributed by atoms with Crippen molar-refractivity contribution in [2.24, 2.45) is 10.2 Å². The Hall–Kier alpha value is -1.96. The lowest BCUT2D eigenvalue weighted by Crippen LogP contribution is -2.10. The highest BCUT2D eigenvalue weighted by Crippen LogP contribution is 2.22. The molecule has 0 aliphatic heterocycles. The molecule has 0 fully saturated rings. The highest BCUT2D eigenvalue weighted by atomic mass is 15.1. The van der Waals surface area contributed by atoms with Gasteiger partial charge in [-0.1, -0.05) is 63.2 Å². The Labute approximate surface area is 115 Å². The van der Waals surface area contributed by atoms with Crippen molar-refractivity contribution in [3.63, 3.8) is 0 Å². The molecule has 98 valence electrons. The third-order valence-corrected chi connectivity index (χ3v) is 3.02. The van der Waals surface area contributed by atoms with Crippen LogP contribution in [0.5, 0.6) is 0 Å². The van der Waals surface area contributed by atoms with Gasteiger partial charge in [0.2, 0.25) is 0 Å². The van der Waals surface area contributed by atoms with E-state index in [0.29, 0.717) is 6.54 Å². The van der Waals surface area contributed by atoms with Crippen LogP contribution in [0.25, 0.3) is 0 Å². The van der Waals surface area contributed by atoms with Crippen LogP contribution in [-0.4, -0.2) is 0 Å². The summed E-state index contributed by atoms with van der Waals surface area (Å²) in [6, 6.07) is 18.4. The van der Waals surface area contributed by atoms with E-state index in [0.717, 1.165) is 5.69 Å². The first-order valence-corrected chi connectivity index (χ1v) is 6.58. The molecule has 0 bridgehead atoms. The Kier molecular flexibility index (Phi) is 4.10. The molecule has 0 spiro atoms. The van der Waals surface area contributed by atoms with E-state index in [1.54, 1.807) is 0 Å². The third-order valence-electron chi connectivity index (χ3n) is 3.02. The first-order chi connectivity index (χ1) is 9.05. The van der Waals surface area contributed by atoms with Crippen LogP contribution in [0.4, 0.5) is 5.69 Å². The number of nitrogens with zero attached hydrogens (tertiary/aromatic N) is 2. The Morgan fingerprint density at radius 1 is 0.842 bits per heavy atom. The minimum absolute atomic E-state index is 0.198. The van der Waals surface area contributed by atoms with Crippen LogP contribution in [0.15, 0.2) is 64.8 Å². The minimum atomic E-state index is 0.198. The van der Waals surface area contributed by atoms with Gasteiger partial charge in [0.25, 0.3) is 0 Å². The average Bonchev–Trinajstić information content (AvgIpc) is 2.39. The lowest BCUT2D eigenvalue weighted by Gasteiger charge is -2.18. The molecule has 0 unspecified atom stereocenters. The second-order valence-corrected chi connectivity index (χ2v) is 5.68. The van der Waals surface area contributed by atoms with Crippen molar-refractivity contribution in [3.8, 4) is 0 Å². The summed E-state index contributed by atoms with van der Waals surface area (Å²) >= 11 is 0. The van der Waals surface area contributed by atoms with Crippen molar-refractivity contribution in [1.29, 1.82) is 0 Å². The van der Waals surface area contributed by atoms with E-state index in [2.05, 4.69) is 55.3 Å². The molecular formula is C17H20N2. The summed E-state index contributed by atoms with van der Waals surface area (Å²) in [5.41, 5.74) is 3.63. The van der Waals surface area contributed by atoms with Gasteiger partial charge in [-0.15, -0.1) is 0 Å². The quantitative estimate of drug-likeness (QED) is 0.665. The maximum Gasteiger partial charge on any atom is 0.0853 e. The molecule has 2 rings (SSSR count). The van der Waals surface area contributed by atoms with Gasteiger partial charge in [0.1, 0.15) is 0 Å². The lowest BCUT2D eigenvalue weighted by atomic mass is 9.87. The molecule has 0 radical (unpaired) electrons. The SMILES string of the molecule is CC(C)(C)c1ccc(CN=Nc2ccccc2)cc1. The molecule has 0 N–H and O–H groups in total. The first kappa shape index (κ1) is 13.5. The molecule has 0 saturated heterocycles. The molecule has 0 aliphatic carbocycles. The fraction of sp³-hybridized carbons (Fsp3) is 0.294. The van der Waals surface area contributed by atoms with Crippen LogP contribution in [0.1, 0.15) is 31.9 Å². The van der Waals surface area contributed by atoms with Crippen molar-refractivity contribution in [2.75, 3.05) is 0 Å². The van der Waals surface area contributed by atoms with Crippen molar-refractivity contribution in [3.05, 3.63) is 65.7 Å². The van der Waals surface area contributed by atoms with E-state index < -0.39 is 0 Å². The second-order valence-electron chi connectivity index (χ2n) is 5.68. The van der Waals surface area contributed by atoms with Crippen molar-refractivity contribution >= 4 is 5.69 Å². The zero-order chi connectivity index (χ0) is 13.7. The van der Waals surface area contributed by atoms with Crippen LogP contribution in [-0.2, 0) is 12.0 Å². The Bertz CT molecular complexity index is 534. The van der Waals surface area contributed by atoms with Gasteiger partial charge >= 0.3 is 0 Å². The highest BCUT2D eigenvalue weighted by molar-refractivity contribution is 5.34. The van der Waals surface area contributed by atoms with Crippen LogP contribution in [0.2, 0.25) is 0 Å². The second kappa shape index (κ2) is 5.79. The maximum absolute atomic E-state index is 4.23. The monoisotopic (exact) mass is 252 g/mol. The van der Waals surface area contributed by atoms with Crippen LogP contribution in [0, 0.1) is 0 Å². The Morgan fingerprint density at radius 2 is 1.47 bits per heavy atom. The summed E-state index contributed by atoms with van der Waals surface area (Å²) < 4.78 is 0. The van der Waals surface area contributed by atoms with E-state index in [-0.39, 0.29) is 5.41 Å². The average molecular weight is 252 g/mol. The van der Waals surface area contributed by atoms with E-state index >= 15 is 0 Å². The van der Waals surface area contributed by atoms with Crippen molar-refractivity contribution in [1.82, 2.24) is 0 Å². The van der Waals surface area contributed by atoms with E-state index in [4.69, 9.17) is 0 Å². The van der Waals surface area contributed by atoms with Gasteiger partial charge in [0, 0.05) is 0 Å². The minimum Gasteiger partial charge on any atom is -0.184 e. The molecule has 0 aliphatic rings. The fourth-order valence-electron chi connectivity index (χ4n) is 1.80. The largest absolute Gasteiger partial charge is 0.184 e. The zero-order valence-corrected chi connectivity index (χ0v) is 11.8. The van der Waals surface area contributed by atoms with Gasteiger partial charge < -0.3 is 0 Å². The highest BCUT2D eigenvalue weighted by Gasteiger charge is 2.12. The summed E-state index contributed by atoms with van der Waals surface area (Å²) in [5, 5.41) is 8.43. The molecule has 0 atom stereocenters. The topological polar surface area (TPSA) is 24.7 Å². The number of rotatable bonds is 3. The van der Waals surface area contributed by atoms with E-state index in [1.165, 1.54) is 11.1 Å². The van der Waals surface area contributed by atoms with Crippen LogP contribution < -0.4 is 0 Å². The summed E-state index contributed by atoms with van der Waals surface area (Å²) in [5.74, 6) is 0. The van der Waals surface area contributed by atoms with Gasteiger partial charge in [0.05, 0.1) is 12.2 Å². The number of benzene rings is 2. The molecule has 0 heterocycles. The lowest BCUT2D eigenvalue weighted by molar-refractivity contribution is 0.590. The van der Waals surface area contributed by atoms with Crippen LogP contribution >= 0.6 is 0 Å². The summed E-state index contributed by atoms with van der Waals surface area (Å²) in [7, 11) is 0. The molecule has 2 heteroatoms. The summed E-state index contributed by atoms with van der Waals surface area (Å²) in [6.45, 7) is 7.28. The van der Waals surface area contributed by atoms with Gasteiger partial charge in [0.15, 0.2) is 0 Å². The summed E-state index contributed by atoms with van der Waals surface area (Å²) in [4.78, 5) is 0. The predicted molar refractivity (Wildman–Crippen MR) is 79.8 cm³/mol. The number of hydrogen-bond donors (Lipinski definition) is 0. The van der Waals surface area contributed by atoms with Crippen LogP contribution in [0.3, 0.4) is 0 Å². The zero-order valence-electron chi connectivity index (χ0n) is 11.8. The standard InChI is InChI=1S/C17H20N2/c1-17(2,3)15-11-9-14(10-12-15)13-18-19-16-7-5-4-6-8-16/h4-12H,13H2,1-3H3. The Morgan fingerprint density at radius 3 is 2.05 bits per heavy atom. The molecule has 0 amide bonds. The molecule has 2 aromatic carbocycles. The smallest absolute Gasteiger partial charge is 0.0853 e. The van der Waals surface area contributed by atoms with Crippen molar-refractivity contribution < 1.29 is 0 Å². The van der Waals surface area contributed by atoms with E-state index in [9.17, 15) is 0 Å². The van der Waals surface area contributed by atoms with Crippen molar-refractivity contribution in [2.45, 2.75) is 32.7 Å². The van der Waals surface area contributed by atoms with Gasteiger partial charge in [-0.3, -0.25) is 0 Å². The molecular weight excluding hydrogens is 232 g/mol. The molecule has 19 heavy (non-hydrogen) atoms. The predicted octanol–water partition coefficient (Wildman–Crippen LogP) is 5.27. The number of azo groups is 1. The fourth-order valence-corrected chi connectivity index (χ4v) is 1.80. The Balaban J connectivity index is 1.99. The molecule has 2 nitrogen and oxygen atoms in total. The summed E-state index contributed by atoms with van der Waals surface area (Å²) in [6.07, 6.45) is 0.